The lowest BCUT2D eigenvalue weighted by Gasteiger charge is -2.68. The molecule has 3 aliphatic rings. The number of pyridine rings is 1. The fourth-order valence-corrected chi connectivity index (χ4v) is 3.71. The van der Waals surface area contributed by atoms with E-state index in [1.165, 1.54) is 0 Å². The minimum atomic E-state index is -0.122. The molecular weight excluding hydrogens is 309 g/mol. The number of amides is 1. The van der Waals surface area contributed by atoms with Gasteiger partial charge in [-0.3, -0.25) is 4.79 Å². The monoisotopic (exact) mass is 323 g/mol. The minimum Gasteiger partial charge on any atom is -0.345 e. The summed E-state index contributed by atoms with van der Waals surface area (Å²) in [7, 11) is 0. The van der Waals surface area contributed by atoms with Gasteiger partial charge < -0.3 is 11.1 Å². The normalized spacial score (nSPS) is 29.0. The molecule has 4 nitrogen and oxygen atoms in total. The number of rotatable bonds is 2. The van der Waals surface area contributed by atoms with Crippen molar-refractivity contribution in [2.75, 3.05) is 0 Å². The summed E-state index contributed by atoms with van der Waals surface area (Å²) in [5, 5.41) is 4.67. The molecule has 1 heterocycles. The van der Waals surface area contributed by atoms with E-state index in [0.717, 1.165) is 30.2 Å². The molecule has 3 N–H and O–H groups in total. The molecule has 2 bridgehead atoms. The summed E-state index contributed by atoms with van der Waals surface area (Å²) in [6.07, 6.45) is 2.65. The van der Waals surface area contributed by atoms with Crippen molar-refractivity contribution < 1.29 is 4.79 Å². The second-order valence-electron chi connectivity index (χ2n) is 6.16. The van der Waals surface area contributed by atoms with Gasteiger partial charge in [0, 0.05) is 21.5 Å². The zero-order chi connectivity index (χ0) is 14.0. The Hall–Kier alpha value is -1.36. The van der Waals surface area contributed by atoms with Crippen LogP contribution >= 0.6 is 24.0 Å². The highest BCUT2D eigenvalue weighted by Gasteiger charge is 2.66. The average Bonchev–Trinajstić information content (AvgIpc) is 2.34. The van der Waals surface area contributed by atoms with Crippen molar-refractivity contribution in [3.63, 3.8) is 0 Å². The van der Waals surface area contributed by atoms with Crippen molar-refractivity contribution in [3.05, 3.63) is 41.0 Å². The van der Waals surface area contributed by atoms with E-state index < -0.39 is 0 Å². The molecule has 0 unspecified atom stereocenters. The maximum Gasteiger partial charge on any atom is 0.270 e. The number of nitrogens with two attached hydrogens (primary N) is 1. The maximum absolute atomic E-state index is 12.3. The van der Waals surface area contributed by atoms with Crippen LogP contribution in [0.2, 0.25) is 5.02 Å². The lowest BCUT2D eigenvalue weighted by atomic mass is 9.44. The largest absolute Gasteiger partial charge is 0.345 e. The first-order chi connectivity index (χ1) is 9.47. The SMILES string of the molecule is Cl.NC12CC(NC(=O)c3ccc4cc(Cl)ccc4n3)(C1)C2. The van der Waals surface area contributed by atoms with Crippen LogP contribution in [-0.4, -0.2) is 22.0 Å². The molecule has 0 aliphatic heterocycles. The van der Waals surface area contributed by atoms with Crippen LogP contribution in [0.25, 0.3) is 10.9 Å². The summed E-state index contributed by atoms with van der Waals surface area (Å²) in [5.41, 5.74) is 7.13. The third-order valence-electron chi connectivity index (χ3n) is 4.33. The molecule has 3 saturated carbocycles. The fourth-order valence-electron chi connectivity index (χ4n) is 3.53. The van der Waals surface area contributed by atoms with Gasteiger partial charge in [-0.1, -0.05) is 17.7 Å². The van der Waals surface area contributed by atoms with E-state index in [4.69, 9.17) is 17.3 Å². The van der Waals surface area contributed by atoms with E-state index >= 15 is 0 Å². The molecule has 3 fully saturated rings. The van der Waals surface area contributed by atoms with Crippen LogP contribution < -0.4 is 11.1 Å². The Labute approximate surface area is 133 Å². The first-order valence-electron chi connectivity index (χ1n) is 6.65. The van der Waals surface area contributed by atoms with Gasteiger partial charge in [0.15, 0.2) is 0 Å². The van der Waals surface area contributed by atoms with Crippen molar-refractivity contribution in [2.24, 2.45) is 5.73 Å². The van der Waals surface area contributed by atoms with E-state index in [1.807, 2.05) is 18.2 Å². The fraction of sp³-hybridized carbons (Fsp3) is 0.333. The summed E-state index contributed by atoms with van der Waals surface area (Å²) in [5.74, 6) is -0.122. The standard InChI is InChI=1S/C15H14ClN3O.ClH/c16-10-2-4-11-9(5-10)1-3-12(18-11)13(20)19-15-6-14(17,7-15)8-15;/h1-5H,6-8,17H2,(H,19,20);1H. The number of nitrogens with one attached hydrogen (secondary N) is 1. The van der Waals surface area contributed by atoms with E-state index in [9.17, 15) is 4.79 Å². The van der Waals surface area contributed by atoms with Gasteiger partial charge in [0.25, 0.3) is 5.91 Å². The Bertz CT molecular complexity index is 727. The van der Waals surface area contributed by atoms with Gasteiger partial charge in [0.05, 0.1) is 5.52 Å². The van der Waals surface area contributed by atoms with Gasteiger partial charge in [-0.25, -0.2) is 4.98 Å². The second-order valence-corrected chi connectivity index (χ2v) is 6.60. The lowest BCUT2D eigenvalue weighted by molar-refractivity contribution is -0.0713. The Morgan fingerprint density at radius 3 is 2.62 bits per heavy atom. The predicted molar refractivity (Wildman–Crippen MR) is 85.0 cm³/mol. The minimum absolute atomic E-state index is 0. The third kappa shape index (κ3) is 2.27. The van der Waals surface area contributed by atoms with Gasteiger partial charge in [0.1, 0.15) is 5.69 Å². The van der Waals surface area contributed by atoms with Gasteiger partial charge in [-0.05, 0) is 43.5 Å². The molecule has 3 aliphatic carbocycles. The Morgan fingerprint density at radius 2 is 1.95 bits per heavy atom. The van der Waals surface area contributed by atoms with Crippen molar-refractivity contribution in [1.82, 2.24) is 10.3 Å². The molecule has 1 amide bonds. The summed E-state index contributed by atoms with van der Waals surface area (Å²) >= 11 is 5.93. The van der Waals surface area contributed by atoms with Crippen molar-refractivity contribution in [1.29, 1.82) is 0 Å². The van der Waals surface area contributed by atoms with Crippen molar-refractivity contribution in [3.8, 4) is 0 Å². The molecular formula is C15H15Cl2N3O. The van der Waals surface area contributed by atoms with Crippen LogP contribution in [0.15, 0.2) is 30.3 Å². The van der Waals surface area contributed by atoms with Crippen LogP contribution in [0.5, 0.6) is 0 Å². The van der Waals surface area contributed by atoms with Gasteiger partial charge >= 0.3 is 0 Å². The number of benzene rings is 1. The molecule has 110 valence electrons. The Morgan fingerprint density at radius 1 is 1.24 bits per heavy atom. The number of carbonyl (C=O) groups is 1. The van der Waals surface area contributed by atoms with Crippen LogP contribution in [-0.2, 0) is 0 Å². The topological polar surface area (TPSA) is 68.0 Å². The summed E-state index contributed by atoms with van der Waals surface area (Å²) in [6, 6.07) is 9.04. The molecule has 5 rings (SSSR count). The van der Waals surface area contributed by atoms with Gasteiger partial charge in [0.2, 0.25) is 0 Å². The molecule has 0 spiro atoms. The van der Waals surface area contributed by atoms with Crippen molar-refractivity contribution >= 4 is 40.8 Å². The van der Waals surface area contributed by atoms with E-state index in [-0.39, 0.29) is 29.4 Å². The number of carbonyl (C=O) groups excluding carboxylic acids is 1. The Balaban J connectivity index is 0.00000132. The molecule has 1 aromatic carbocycles. The first kappa shape index (κ1) is 14.6. The molecule has 21 heavy (non-hydrogen) atoms. The molecule has 0 radical (unpaired) electrons. The van der Waals surface area contributed by atoms with Crippen LogP contribution in [0.3, 0.4) is 0 Å². The maximum atomic E-state index is 12.3. The second kappa shape index (κ2) is 4.57. The Kier molecular flexibility index (Phi) is 3.17. The zero-order valence-electron chi connectivity index (χ0n) is 11.2. The van der Waals surface area contributed by atoms with Gasteiger partial charge in [-0.15, -0.1) is 12.4 Å². The lowest BCUT2D eigenvalue weighted by Crippen LogP contribution is -2.82. The van der Waals surface area contributed by atoms with Gasteiger partial charge in [-0.2, -0.15) is 0 Å². The van der Waals surface area contributed by atoms with E-state index in [0.29, 0.717) is 10.7 Å². The summed E-state index contributed by atoms with van der Waals surface area (Å²) in [6.45, 7) is 0. The van der Waals surface area contributed by atoms with Crippen LogP contribution in [0.1, 0.15) is 29.8 Å². The smallest absolute Gasteiger partial charge is 0.270 e. The van der Waals surface area contributed by atoms with Crippen LogP contribution in [0.4, 0.5) is 0 Å². The molecule has 1 aromatic heterocycles. The predicted octanol–water partition coefficient (Wildman–Crippen LogP) is 2.67. The highest BCUT2D eigenvalue weighted by atomic mass is 35.5. The average molecular weight is 324 g/mol. The number of halogens is 2. The number of nitrogens with zero attached hydrogens (tertiary/aromatic N) is 1. The molecule has 0 atom stereocenters. The summed E-state index contributed by atoms with van der Waals surface area (Å²) < 4.78 is 0. The number of fused-ring (bicyclic) bond motifs is 1. The number of aromatic nitrogens is 1. The highest BCUT2D eigenvalue weighted by molar-refractivity contribution is 6.31. The van der Waals surface area contributed by atoms with Crippen molar-refractivity contribution in [2.45, 2.75) is 30.3 Å². The molecule has 6 heteroatoms. The first-order valence-corrected chi connectivity index (χ1v) is 7.03. The quantitative estimate of drug-likeness (QED) is 0.892. The van der Waals surface area contributed by atoms with Crippen LogP contribution in [0, 0.1) is 0 Å². The molecule has 2 aromatic rings. The summed E-state index contributed by atoms with van der Waals surface area (Å²) in [4.78, 5) is 16.6. The molecule has 0 saturated heterocycles. The number of hydrogen-bond acceptors (Lipinski definition) is 3. The van der Waals surface area contributed by atoms with E-state index in [2.05, 4.69) is 10.3 Å². The highest BCUT2D eigenvalue weighted by Crippen LogP contribution is 2.58. The zero-order valence-corrected chi connectivity index (χ0v) is 12.8. The third-order valence-corrected chi connectivity index (χ3v) is 4.57. The number of hydrogen-bond donors (Lipinski definition) is 2. The van der Waals surface area contributed by atoms with E-state index in [1.54, 1.807) is 12.1 Å².